The number of carbonyl (C=O) groups is 1. The molecule has 106 valence electrons. The van der Waals surface area contributed by atoms with Crippen LogP contribution < -0.4 is 5.32 Å². The summed E-state index contributed by atoms with van der Waals surface area (Å²) in [5, 5.41) is 4.98. The normalized spacial score (nSPS) is 10.8. The standard InChI is InChI=1S/C16H20N2OS/c1-4-8-17-14(19)10-20-15-9-12(3)13-7-5-6-11(2)16(13)18-15/h5-7,9H,4,8,10H2,1-3H3,(H,17,19). The van der Waals surface area contributed by atoms with Gasteiger partial charge >= 0.3 is 0 Å². The number of hydrogen-bond acceptors (Lipinski definition) is 3. The summed E-state index contributed by atoms with van der Waals surface area (Å²) in [6, 6.07) is 8.27. The van der Waals surface area contributed by atoms with Crippen LogP contribution in [0.15, 0.2) is 29.3 Å². The predicted octanol–water partition coefficient (Wildman–Crippen LogP) is 3.47. The summed E-state index contributed by atoms with van der Waals surface area (Å²) in [6.45, 7) is 6.94. The van der Waals surface area contributed by atoms with Crippen LogP contribution >= 0.6 is 11.8 Å². The van der Waals surface area contributed by atoms with Gasteiger partial charge in [-0.1, -0.05) is 36.9 Å². The number of para-hydroxylation sites is 1. The number of nitrogens with zero attached hydrogens (tertiary/aromatic N) is 1. The maximum Gasteiger partial charge on any atom is 0.230 e. The van der Waals surface area contributed by atoms with E-state index in [0.717, 1.165) is 23.5 Å². The summed E-state index contributed by atoms with van der Waals surface area (Å²) in [7, 11) is 0. The van der Waals surface area contributed by atoms with Crippen LogP contribution in [0.2, 0.25) is 0 Å². The molecule has 0 unspecified atom stereocenters. The SMILES string of the molecule is CCCNC(=O)CSc1cc(C)c2cccc(C)c2n1. The van der Waals surface area contributed by atoms with Crippen LogP contribution in [0.1, 0.15) is 24.5 Å². The van der Waals surface area contributed by atoms with Gasteiger partial charge < -0.3 is 5.32 Å². The number of nitrogens with one attached hydrogen (secondary N) is 1. The summed E-state index contributed by atoms with van der Waals surface area (Å²) in [4.78, 5) is 16.3. The van der Waals surface area contributed by atoms with E-state index in [2.05, 4.69) is 48.4 Å². The monoisotopic (exact) mass is 288 g/mol. The van der Waals surface area contributed by atoms with Crippen LogP contribution in [0, 0.1) is 13.8 Å². The smallest absolute Gasteiger partial charge is 0.230 e. The van der Waals surface area contributed by atoms with Crippen LogP contribution in [-0.4, -0.2) is 23.2 Å². The highest BCUT2D eigenvalue weighted by Gasteiger charge is 2.07. The topological polar surface area (TPSA) is 42.0 Å². The van der Waals surface area contributed by atoms with Gasteiger partial charge in [-0.25, -0.2) is 4.98 Å². The van der Waals surface area contributed by atoms with Crippen LogP contribution in [0.3, 0.4) is 0 Å². The fourth-order valence-corrected chi connectivity index (χ4v) is 2.86. The first kappa shape index (κ1) is 14.9. The Morgan fingerprint density at radius 3 is 2.85 bits per heavy atom. The number of fused-ring (bicyclic) bond motifs is 1. The Morgan fingerprint density at radius 1 is 1.30 bits per heavy atom. The van der Waals surface area contributed by atoms with E-state index in [-0.39, 0.29) is 5.91 Å². The molecule has 0 saturated heterocycles. The minimum Gasteiger partial charge on any atom is -0.355 e. The lowest BCUT2D eigenvalue weighted by molar-refractivity contribution is -0.118. The molecule has 0 spiro atoms. The third-order valence-corrected chi connectivity index (χ3v) is 4.06. The molecule has 1 amide bonds. The highest BCUT2D eigenvalue weighted by Crippen LogP contribution is 2.25. The summed E-state index contributed by atoms with van der Waals surface area (Å²) in [5.74, 6) is 0.491. The zero-order valence-electron chi connectivity index (χ0n) is 12.2. The molecular formula is C16H20N2OS. The molecule has 3 nitrogen and oxygen atoms in total. The molecule has 0 aliphatic rings. The number of aromatic nitrogens is 1. The molecule has 4 heteroatoms. The van der Waals surface area contributed by atoms with Gasteiger partial charge in [0.1, 0.15) is 0 Å². The molecule has 0 saturated carbocycles. The van der Waals surface area contributed by atoms with E-state index in [0.29, 0.717) is 5.75 Å². The van der Waals surface area contributed by atoms with E-state index in [1.165, 1.54) is 28.3 Å². The summed E-state index contributed by atoms with van der Waals surface area (Å²) >= 11 is 1.49. The maximum atomic E-state index is 11.6. The molecule has 0 fully saturated rings. The number of amides is 1. The molecule has 0 bridgehead atoms. The Bertz CT molecular complexity index is 625. The molecule has 1 aromatic carbocycles. The van der Waals surface area contributed by atoms with Gasteiger partial charge in [-0.2, -0.15) is 0 Å². The van der Waals surface area contributed by atoms with Gasteiger partial charge in [0.25, 0.3) is 0 Å². The molecule has 0 radical (unpaired) electrons. The summed E-state index contributed by atoms with van der Waals surface area (Å²) in [6.07, 6.45) is 0.961. The first-order valence-electron chi connectivity index (χ1n) is 6.88. The zero-order valence-corrected chi connectivity index (χ0v) is 13.0. The van der Waals surface area contributed by atoms with Gasteiger partial charge in [0.05, 0.1) is 16.3 Å². The zero-order chi connectivity index (χ0) is 14.5. The Hall–Kier alpha value is -1.55. The predicted molar refractivity (Wildman–Crippen MR) is 85.2 cm³/mol. The number of rotatable bonds is 5. The van der Waals surface area contributed by atoms with Gasteiger partial charge in [0.2, 0.25) is 5.91 Å². The number of pyridine rings is 1. The Labute approximate surface area is 124 Å². The van der Waals surface area contributed by atoms with Gasteiger partial charge in [0, 0.05) is 11.9 Å². The number of hydrogen-bond donors (Lipinski definition) is 1. The number of aryl methyl sites for hydroxylation is 2. The lowest BCUT2D eigenvalue weighted by Crippen LogP contribution is -2.25. The van der Waals surface area contributed by atoms with E-state index in [4.69, 9.17) is 0 Å². The molecule has 2 rings (SSSR count). The van der Waals surface area contributed by atoms with Crippen molar-refractivity contribution in [2.75, 3.05) is 12.3 Å². The largest absolute Gasteiger partial charge is 0.355 e. The van der Waals surface area contributed by atoms with Gasteiger partial charge in [-0.3, -0.25) is 4.79 Å². The van der Waals surface area contributed by atoms with Crippen molar-refractivity contribution < 1.29 is 4.79 Å². The van der Waals surface area contributed by atoms with Crippen molar-refractivity contribution in [3.05, 3.63) is 35.4 Å². The number of carbonyl (C=O) groups excluding carboxylic acids is 1. The van der Waals surface area contributed by atoms with E-state index >= 15 is 0 Å². The van der Waals surface area contributed by atoms with E-state index in [1.54, 1.807) is 0 Å². The molecule has 0 aliphatic carbocycles. The third kappa shape index (κ3) is 3.51. The van der Waals surface area contributed by atoms with Crippen LogP contribution in [-0.2, 0) is 4.79 Å². The Morgan fingerprint density at radius 2 is 2.10 bits per heavy atom. The molecule has 1 N–H and O–H groups in total. The summed E-state index contributed by atoms with van der Waals surface area (Å²) in [5.41, 5.74) is 3.41. The van der Waals surface area contributed by atoms with Crippen molar-refractivity contribution >= 4 is 28.6 Å². The average molecular weight is 288 g/mol. The summed E-state index contributed by atoms with van der Waals surface area (Å²) < 4.78 is 0. The minimum absolute atomic E-state index is 0.0705. The highest BCUT2D eigenvalue weighted by atomic mass is 32.2. The van der Waals surface area contributed by atoms with Crippen LogP contribution in [0.5, 0.6) is 0 Å². The van der Waals surface area contributed by atoms with E-state index in [1.807, 2.05) is 6.92 Å². The molecule has 1 aromatic heterocycles. The van der Waals surface area contributed by atoms with Gasteiger partial charge in [0.15, 0.2) is 0 Å². The van der Waals surface area contributed by atoms with Crippen LogP contribution in [0.25, 0.3) is 10.9 Å². The van der Waals surface area contributed by atoms with Crippen molar-refractivity contribution in [1.82, 2.24) is 10.3 Å². The van der Waals surface area contributed by atoms with Crippen molar-refractivity contribution in [3.63, 3.8) is 0 Å². The van der Waals surface area contributed by atoms with Gasteiger partial charge in [-0.15, -0.1) is 0 Å². The van der Waals surface area contributed by atoms with E-state index < -0.39 is 0 Å². The minimum atomic E-state index is 0.0705. The Balaban J connectivity index is 2.15. The van der Waals surface area contributed by atoms with Crippen molar-refractivity contribution in [3.8, 4) is 0 Å². The molecule has 20 heavy (non-hydrogen) atoms. The first-order valence-corrected chi connectivity index (χ1v) is 7.87. The number of benzene rings is 1. The highest BCUT2D eigenvalue weighted by molar-refractivity contribution is 7.99. The second-order valence-corrected chi connectivity index (χ2v) is 5.88. The lowest BCUT2D eigenvalue weighted by atomic mass is 10.1. The third-order valence-electron chi connectivity index (χ3n) is 3.15. The quantitative estimate of drug-likeness (QED) is 0.857. The van der Waals surface area contributed by atoms with E-state index in [9.17, 15) is 4.79 Å². The van der Waals surface area contributed by atoms with Crippen molar-refractivity contribution in [1.29, 1.82) is 0 Å². The maximum absolute atomic E-state index is 11.6. The fraction of sp³-hybridized carbons (Fsp3) is 0.375. The second kappa shape index (κ2) is 6.75. The second-order valence-electron chi connectivity index (χ2n) is 4.89. The molecular weight excluding hydrogens is 268 g/mol. The van der Waals surface area contributed by atoms with Gasteiger partial charge in [-0.05, 0) is 37.5 Å². The average Bonchev–Trinajstić information content (AvgIpc) is 2.44. The first-order chi connectivity index (χ1) is 9.61. The molecule has 1 heterocycles. The molecule has 2 aromatic rings. The molecule has 0 atom stereocenters. The number of thioether (sulfide) groups is 1. The Kier molecular flexibility index (Phi) is 5.01. The molecule has 0 aliphatic heterocycles. The van der Waals surface area contributed by atoms with Crippen molar-refractivity contribution in [2.45, 2.75) is 32.2 Å². The van der Waals surface area contributed by atoms with Crippen molar-refractivity contribution in [2.24, 2.45) is 0 Å². The fourth-order valence-electron chi connectivity index (χ4n) is 2.06. The lowest BCUT2D eigenvalue weighted by Gasteiger charge is -2.08. The van der Waals surface area contributed by atoms with Crippen LogP contribution in [0.4, 0.5) is 0 Å².